The molecular weight excluding hydrogens is 240 g/mol. The first kappa shape index (κ1) is 13.3. The van der Waals surface area contributed by atoms with Crippen molar-refractivity contribution in [2.75, 3.05) is 12.5 Å². The summed E-state index contributed by atoms with van der Waals surface area (Å²) in [5, 5.41) is 0. The molecule has 0 aliphatic carbocycles. The van der Waals surface area contributed by atoms with Gasteiger partial charge in [0.05, 0.1) is 7.11 Å². The van der Waals surface area contributed by atoms with Gasteiger partial charge in [0.1, 0.15) is 17.4 Å². The van der Waals surface area contributed by atoms with E-state index in [-0.39, 0.29) is 0 Å². The normalized spacial score (nSPS) is 10.3. The van der Waals surface area contributed by atoms with Crippen molar-refractivity contribution < 1.29 is 4.74 Å². The average Bonchev–Trinajstić information content (AvgIpc) is 2.43. The number of hydrogen-bond acceptors (Lipinski definition) is 5. The molecule has 0 saturated carbocycles. The molecule has 0 saturated heterocycles. The molecule has 0 atom stereocenters. The Morgan fingerprint density at radius 2 is 2.05 bits per heavy atom. The summed E-state index contributed by atoms with van der Waals surface area (Å²) in [4.78, 5) is 8.90. The maximum absolute atomic E-state index is 5.47. The van der Waals surface area contributed by atoms with Crippen molar-refractivity contribution in [3.05, 3.63) is 46.9 Å². The summed E-state index contributed by atoms with van der Waals surface area (Å²) >= 11 is 0. The van der Waals surface area contributed by atoms with Crippen molar-refractivity contribution in [1.82, 2.24) is 9.97 Å². The van der Waals surface area contributed by atoms with Gasteiger partial charge in [-0.1, -0.05) is 12.1 Å². The number of nitrogens with zero attached hydrogens (tertiary/aromatic N) is 2. The van der Waals surface area contributed by atoms with Gasteiger partial charge >= 0.3 is 0 Å². The second kappa shape index (κ2) is 5.67. The van der Waals surface area contributed by atoms with Gasteiger partial charge in [0.2, 0.25) is 0 Å². The lowest BCUT2D eigenvalue weighted by Crippen LogP contribution is -2.13. The topological polar surface area (TPSA) is 73.1 Å². The van der Waals surface area contributed by atoms with Crippen LogP contribution in [0.4, 0.5) is 5.82 Å². The first-order valence-electron chi connectivity index (χ1n) is 6.07. The molecule has 5 heteroatoms. The Morgan fingerprint density at radius 3 is 2.74 bits per heavy atom. The molecule has 0 aliphatic heterocycles. The number of rotatable bonds is 4. The second-order valence-electron chi connectivity index (χ2n) is 4.37. The van der Waals surface area contributed by atoms with Crippen LogP contribution in [0.2, 0.25) is 0 Å². The molecule has 0 unspecified atom stereocenters. The minimum Gasteiger partial charge on any atom is -0.497 e. The largest absolute Gasteiger partial charge is 0.497 e. The number of nitrogen functional groups attached to an aromatic ring is 1. The SMILES string of the molecule is COc1cccc(Cc2nc(C)c(C)c(NN)n2)c1. The average molecular weight is 258 g/mol. The molecule has 1 heterocycles. The zero-order chi connectivity index (χ0) is 13.8. The monoisotopic (exact) mass is 258 g/mol. The fourth-order valence-corrected chi connectivity index (χ4v) is 1.87. The van der Waals surface area contributed by atoms with Crippen LogP contribution in [0.3, 0.4) is 0 Å². The molecule has 0 amide bonds. The number of aromatic nitrogens is 2. The first-order valence-corrected chi connectivity index (χ1v) is 6.07. The highest BCUT2D eigenvalue weighted by atomic mass is 16.5. The minimum atomic E-state index is 0.646. The second-order valence-corrected chi connectivity index (χ2v) is 4.37. The molecular formula is C14H18N4O. The quantitative estimate of drug-likeness (QED) is 0.648. The van der Waals surface area contributed by atoms with Crippen LogP contribution in [-0.4, -0.2) is 17.1 Å². The van der Waals surface area contributed by atoms with Gasteiger partial charge in [0, 0.05) is 17.7 Å². The Bertz CT molecular complexity index is 584. The van der Waals surface area contributed by atoms with Crippen molar-refractivity contribution in [3.63, 3.8) is 0 Å². The predicted molar refractivity (Wildman–Crippen MR) is 75.1 cm³/mol. The van der Waals surface area contributed by atoms with Crippen molar-refractivity contribution in [2.24, 2.45) is 5.84 Å². The first-order chi connectivity index (χ1) is 9.13. The molecule has 100 valence electrons. The lowest BCUT2D eigenvalue weighted by Gasteiger charge is -2.10. The summed E-state index contributed by atoms with van der Waals surface area (Å²) in [7, 11) is 1.65. The van der Waals surface area contributed by atoms with Gasteiger partial charge in [-0.2, -0.15) is 0 Å². The van der Waals surface area contributed by atoms with E-state index >= 15 is 0 Å². The lowest BCUT2D eigenvalue weighted by atomic mass is 10.1. The van der Waals surface area contributed by atoms with Crippen LogP contribution in [0.1, 0.15) is 22.6 Å². The number of anilines is 1. The standard InChI is InChI=1S/C14H18N4O/c1-9-10(2)16-13(17-14(9)18-15)8-11-5-4-6-12(7-11)19-3/h4-7H,8,15H2,1-3H3,(H,16,17,18). The van der Waals surface area contributed by atoms with E-state index in [1.54, 1.807) is 7.11 Å². The van der Waals surface area contributed by atoms with E-state index in [0.29, 0.717) is 12.2 Å². The number of methoxy groups -OCH3 is 1. The Labute approximate surface area is 112 Å². The van der Waals surface area contributed by atoms with Crippen molar-refractivity contribution in [3.8, 4) is 5.75 Å². The maximum atomic E-state index is 5.47. The van der Waals surface area contributed by atoms with Crippen LogP contribution in [-0.2, 0) is 6.42 Å². The summed E-state index contributed by atoms with van der Waals surface area (Å²) in [6.45, 7) is 3.90. The summed E-state index contributed by atoms with van der Waals surface area (Å²) in [6, 6.07) is 7.87. The highest BCUT2D eigenvalue weighted by molar-refractivity contribution is 5.44. The number of aryl methyl sites for hydroxylation is 1. The molecule has 5 nitrogen and oxygen atoms in total. The number of benzene rings is 1. The summed E-state index contributed by atoms with van der Waals surface area (Å²) < 4.78 is 5.21. The molecule has 2 rings (SSSR count). The minimum absolute atomic E-state index is 0.646. The molecule has 1 aromatic heterocycles. The van der Waals surface area contributed by atoms with E-state index in [2.05, 4.69) is 15.4 Å². The van der Waals surface area contributed by atoms with Crippen LogP contribution in [0, 0.1) is 13.8 Å². The van der Waals surface area contributed by atoms with Crippen LogP contribution in [0.15, 0.2) is 24.3 Å². The van der Waals surface area contributed by atoms with Gasteiger partial charge < -0.3 is 10.2 Å². The van der Waals surface area contributed by atoms with Gasteiger partial charge in [-0.25, -0.2) is 15.8 Å². The van der Waals surface area contributed by atoms with E-state index in [1.165, 1.54) is 0 Å². The van der Waals surface area contributed by atoms with E-state index in [0.717, 1.165) is 28.4 Å². The Balaban J connectivity index is 2.30. The highest BCUT2D eigenvalue weighted by Gasteiger charge is 2.08. The summed E-state index contributed by atoms with van der Waals surface area (Å²) in [6.07, 6.45) is 0.646. The van der Waals surface area contributed by atoms with Crippen molar-refractivity contribution in [1.29, 1.82) is 0 Å². The Kier molecular flexibility index (Phi) is 3.97. The molecule has 1 aromatic carbocycles. The van der Waals surface area contributed by atoms with Crippen LogP contribution in [0.25, 0.3) is 0 Å². The number of hydrazine groups is 1. The van der Waals surface area contributed by atoms with E-state index in [4.69, 9.17) is 10.6 Å². The number of hydrogen-bond donors (Lipinski definition) is 2. The van der Waals surface area contributed by atoms with E-state index in [1.807, 2.05) is 38.1 Å². The molecule has 0 radical (unpaired) electrons. The van der Waals surface area contributed by atoms with Gasteiger partial charge in [0.25, 0.3) is 0 Å². The number of ether oxygens (including phenoxy) is 1. The molecule has 19 heavy (non-hydrogen) atoms. The van der Waals surface area contributed by atoms with Crippen molar-refractivity contribution >= 4 is 5.82 Å². The van der Waals surface area contributed by atoms with Crippen LogP contribution < -0.4 is 16.0 Å². The van der Waals surface area contributed by atoms with Crippen LogP contribution in [0.5, 0.6) is 5.75 Å². The number of nitrogens with one attached hydrogen (secondary N) is 1. The third kappa shape index (κ3) is 3.00. The fourth-order valence-electron chi connectivity index (χ4n) is 1.87. The predicted octanol–water partition coefficient (Wildman–Crippen LogP) is 1.98. The molecule has 0 spiro atoms. The highest BCUT2D eigenvalue weighted by Crippen LogP contribution is 2.18. The zero-order valence-electron chi connectivity index (χ0n) is 11.4. The maximum Gasteiger partial charge on any atom is 0.146 e. The third-order valence-corrected chi connectivity index (χ3v) is 3.07. The van der Waals surface area contributed by atoms with E-state index in [9.17, 15) is 0 Å². The van der Waals surface area contributed by atoms with E-state index < -0.39 is 0 Å². The van der Waals surface area contributed by atoms with Gasteiger partial charge in [-0.3, -0.25) is 0 Å². The zero-order valence-corrected chi connectivity index (χ0v) is 11.4. The Morgan fingerprint density at radius 1 is 1.26 bits per heavy atom. The Hall–Kier alpha value is -2.14. The van der Waals surface area contributed by atoms with Crippen LogP contribution >= 0.6 is 0 Å². The van der Waals surface area contributed by atoms with Gasteiger partial charge in [-0.15, -0.1) is 0 Å². The smallest absolute Gasteiger partial charge is 0.146 e. The summed E-state index contributed by atoms with van der Waals surface area (Å²) in [5.74, 6) is 7.71. The molecule has 3 N–H and O–H groups in total. The molecule has 0 aliphatic rings. The number of nitrogens with two attached hydrogens (primary N) is 1. The van der Waals surface area contributed by atoms with Crippen molar-refractivity contribution in [2.45, 2.75) is 20.3 Å². The molecule has 0 bridgehead atoms. The summed E-state index contributed by atoms with van der Waals surface area (Å²) in [5.41, 5.74) is 5.61. The van der Waals surface area contributed by atoms with Gasteiger partial charge in [0.15, 0.2) is 0 Å². The molecule has 2 aromatic rings. The third-order valence-electron chi connectivity index (χ3n) is 3.07. The lowest BCUT2D eigenvalue weighted by molar-refractivity contribution is 0.414. The van der Waals surface area contributed by atoms with Gasteiger partial charge in [-0.05, 0) is 31.5 Å². The molecule has 0 fully saturated rings. The fraction of sp³-hybridized carbons (Fsp3) is 0.286.